The van der Waals surface area contributed by atoms with Gasteiger partial charge in [-0.1, -0.05) is 92.7 Å². The van der Waals surface area contributed by atoms with Crippen molar-refractivity contribution in [2.75, 3.05) is 6.61 Å². The van der Waals surface area contributed by atoms with Crippen LogP contribution in [-0.4, -0.2) is 54.2 Å². The highest BCUT2D eigenvalue weighted by Gasteiger charge is 2.32. The molecule has 3 aromatic carbocycles. The Morgan fingerprint density at radius 3 is 1.83 bits per heavy atom. The van der Waals surface area contributed by atoms with Gasteiger partial charge in [-0.3, -0.25) is 9.59 Å². The molecule has 0 unspecified atom stereocenters. The molecule has 9 heteroatoms. The monoisotopic (exact) mass is 627 g/mol. The fourth-order valence-corrected chi connectivity index (χ4v) is 5.58. The van der Waals surface area contributed by atoms with Crippen molar-refractivity contribution in [1.29, 1.82) is 0 Å². The Kier molecular flexibility index (Phi) is 11.2. The van der Waals surface area contributed by atoms with Crippen molar-refractivity contribution in [3.05, 3.63) is 95.6 Å². The third kappa shape index (κ3) is 9.19. The van der Waals surface area contributed by atoms with E-state index in [4.69, 9.17) is 9.47 Å². The average Bonchev–Trinajstić information content (AvgIpc) is 3.32. The van der Waals surface area contributed by atoms with Crippen molar-refractivity contribution in [1.82, 2.24) is 16.0 Å². The van der Waals surface area contributed by atoms with Crippen LogP contribution >= 0.6 is 0 Å². The molecule has 1 aliphatic rings. The van der Waals surface area contributed by atoms with Crippen molar-refractivity contribution in [2.24, 2.45) is 5.92 Å². The highest BCUT2D eigenvalue weighted by atomic mass is 16.6. The van der Waals surface area contributed by atoms with Crippen molar-refractivity contribution in [2.45, 2.75) is 84.0 Å². The van der Waals surface area contributed by atoms with E-state index in [2.05, 4.69) is 28.1 Å². The number of benzene rings is 3. The first-order valence-corrected chi connectivity index (χ1v) is 15.8. The van der Waals surface area contributed by atoms with Gasteiger partial charge in [0.05, 0.1) is 0 Å². The Balaban J connectivity index is 1.44. The Morgan fingerprint density at radius 1 is 0.717 bits per heavy atom. The molecular weight excluding hydrogens is 582 g/mol. The lowest BCUT2D eigenvalue weighted by Crippen LogP contribution is -2.56. The minimum atomic E-state index is -1.02. The lowest BCUT2D eigenvalue weighted by molar-refractivity contribution is -0.158. The summed E-state index contributed by atoms with van der Waals surface area (Å²) in [6.45, 7) is 10.8. The maximum absolute atomic E-state index is 13.7. The Bertz CT molecular complexity index is 1490. The van der Waals surface area contributed by atoms with Gasteiger partial charge in [0.15, 0.2) is 0 Å². The van der Waals surface area contributed by atoms with E-state index in [9.17, 15) is 19.2 Å². The second-order valence-electron chi connectivity index (χ2n) is 13.2. The van der Waals surface area contributed by atoms with E-state index in [1.807, 2.05) is 80.6 Å². The van der Waals surface area contributed by atoms with Crippen LogP contribution in [-0.2, 0) is 30.3 Å². The summed E-state index contributed by atoms with van der Waals surface area (Å²) >= 11 is 0. The van der Waals surface area contributed by atoms with Gasteiger partial charge in [-0.05, 0) is 67.9 Å². The van der Waals surface area contributed by atoms with Crippen molar-refractivity contribution >= 4 is 23.9 Å². The van der Waals surface area contributed by atoms with Crippen LogP contribution in [0, 0.1) is 5.92 Å². The van der Waals surface area contributed by atoms with Crippen molar-refractivity contribution in [3.63, 3.8) is 0 Å². The summed E-state index contributed by atoms with van der Waals surface area (Å²) in [7, 11) is 0. The number of carbonyl (C=O) groups excluding carboxylic acids is 4. The van der Waals surface area contributed by atoms with Gasteiger partial charge in [0.2, 0.25) is 11.8 Å². The van der Waals surface area contributed by atoms with Gasteiger partial charge >= 0.3 is 12.1 Å². The maximum atomic E-state index is 13.7. The molecular formula is C37H45N3O6. The molecule has 3 N–H and O–H groups in total. The zero-order chi connectivity index (χ0) is 33.4. The number of hydrogen-bond donors (Lipinski definition) is 3. The van der Waals surface area contributed by atoms with Crippen LogP contribution in [0.15, 0.2) is 78.9 Å². The van der Waals surface area contributed by atoms with Gasteiger partial charge in [0.25, 0.3) is 0 Å². The molecule has 0 saturated heterocycles. The second kappa shape index (κ2) is 15.1. The first-order chi connectivity index (χ1) is 21.8. The molecule has 244 valence electrons. The van der Waals surface area contributed by atoms with Crippen LogP contribution < -0.4 is 16.0 Å². The molecule has 9 nitrogen and oxygen atoms in total. The molecule has 4 rings (SSSR count). The van der Waals surface area contributed by atoms with Crippen molar-refractivity contribution < 1.29 is 28.7 Å². The topological polar surface area (TPSA) is 123 Å². The number of amides is 3. The quantitative estimate of drug-likeness (QED) is 0.228. The average molecular weight is 628 g/mol. The van der Waals surface area contributed by atoms with E-state index in [1.54, 1.807) is 20.8 Å². The number of ether oxygens (including phenoxy) is 2. The Hall–Kier alpha value is -4.66. The van der Waals surface area contributed by atoms with Crippen LogP contribution in [0.4, 0.5) is 4.79 Å². The summed E-state index contributed by atoms with van der Waals surface area (Å²) in [5.74, 6) is -1.72. The fraction of sp³-hybridized carbons (Fsp3) is 0.405. The molecule has 1 aliphatic carbocycles. The smallest absolute Gasteiger partial charge is 0.407 e. The van der Waals surface area contributed by atoms with E-state index in [1.165, 1.54) is 6.92 Å². The molecule has 0 heterocycles. The Morgan fingerprint density at radius 2 is 1.26 bits per heavy atom. The summed E-state index contributed by atoms with van der Waals surface area (Å²) in [5.41, 5.74) is 4.51. The highest BCUT2D eigenvalue weighted by Crippen LogP contribution is 2.44. The van der Waals surface area contributed by atoms with Crippen LogP contribution in [0.25, 0.3) is 11.1 Å². The van der Waals surface area contributed by atoms with E-state index in [0.717, 1.165) is 27.8 Å². The number of rotatable bonds is 12. The van der Waals surface area contributed by atoms with E-state index >= 15 is 0 Å². The molecule has 0 radical (unpaired) electrons. The number of hydrogen-bond acceptors (Lipinski definition) is 6. The summed E-state index contributed by atoms with van der Waals surface area (Å²) in [4.78, 5) is 52.8. The first kappa shape index (κ1) is 34.2. The number of fused-ring (bicyclic) bond motifs is 3. The highest BCUT2D eigenvalue weighted by molar-refractivity contribution is 5.93. The SMILES string of the molecule is CC(C)C[C@@H](NC(=O)OCC1c2ccccc2-c2ccccc21)C(=O)N[C@@H](Cc1ccccc1)C(=O)N[C@@H](C)C(=O)OC(C)(C)C. The molecule has 46 heavy (non-hydrogen) atoms. The lowest BCUT2D eigenvalue weighted by atomic mass is 9.98. The third-order valence-electron chi connectivity index (χ3n) is 7.69. The van der Waals surface area contributed by atoms with Gasteiger partial charge in [-0.25, -0.2) is 9.59 Å². The van der Waals surface area contributed by atoms with Crippen LogP contribution in [0.1, 0.15) is 70.6 Å². The molecule has 0 aliphatic heterocycles. The lowest BCUT2D eigenvalue weighted by Gasteiger charge is -2.26. The summed E-state index contributed by atoms with van der Waals surface area (Å²) in [6.07, 6.45) is -0.215. The number of alkyl carbamates (subject to hydrolysis) is 1. The summed E-state index contributed by atoms with van der Waals surface area (Å²) < 4.78 is 11.1. The zero-order valence-electron chi connectivity index (χ0n) is 27.5. The minimum Gasteiger partial charge on any atom is -0.458 e. The molecule has 0 saturated carbocycles. The van der Waals surface area contributed by atoms with Gasteiger partial charge in [-0.15, -0.1) is 0 Å². The van der Waals surface area contributed by atoms with Gasteiger partial charge in [-0.2, -0.15) is 0 Å². The molecule has 0 bridgehead atoms. The van der Waals surface area contributed by atoms with E-state index < -0.39 is 47.6 Å². The van der Waals surface area contributed by atoms with Gasteiger partial charge < -0.3 is 25.4 Å². The first-order valence-electron chi connectivity index (χ1n) is 15.8. The molecule has 0 spiro atoms. The number of esters is 1. The van der Waals surface area contributed by atoms with E-state index in [-0.39, 0.29) is 24.9 Å². The molecule has 3 aromatic rings. The van der Waals surface area contributed by atoms with Crippen LogP contribution in [0.5, 0.6) is 0 Å². The molecule has 3 amide bonds. The summed E-state index contributed by atoms with van der Waals surface area (Å²) in [5, 5.41) is 8.23. The fourth-order valence-electron chi connectivity index (χ4n) is 5.58. The standard InChI is InChI=1S/C37H45N3O6/c1-23(2)20-31(40-36(44)45-22-30-28-18-12-10-16-26(28)27-17-11-13-19-29(27)30)34(42)39-32(21-25-14-8-7-9-15-25)33(41)38-24(3)35(43)46-37(4,5)6/h7-19,23-24,30-32H,20-22H2,1-6H3,(H,38,41)(H,39,42)(H,40,44)/t24-,31+,32-/m0/s1. The summed E-state index contributed by atoms with van der Waals surface area (Å²) in [6, 6.07) is 22.5. The molecule has 3 atom stereocenters. The zero-order valence-corrected chi connectivity index (χ0v) is 27.5. The third-order valence-corrected chi connectivity index (χ3v) is 7.69. The molecule has 0 aromatic heterocycles. The van der Waals surface area contributed by atoms with Crippen LogP contribution in [0.3, 0.4) is 0 Å². The Labute approximate surface area is 271 Å². The maximum Gasteiger partial charge on any atom is 0.407 e. The number of nitrogens with one attached hydrogen (secondary N) is 3. The molecule has 0 fully saturated rings. The second-order valence-corrected chi connectivity index (χ2v) is 13.2. The van der Waals surface area contributed by atoms with Crippen molar-refractivity contribution in [3.8, 4) is 11.1 Å². The normalized spacial score (nSPS) is 14.3. The largest absolute Gasteiger partial charge is 0.458 e. The predicted molar refractivity (Wildman–Crippen MR) is 177 cm³/mol. The van der Waals surface area contributed by atoms with E-state index in [0.29, 0.717) is 6.42 Å². The van der Waals surface area contributed by atoms with Crippen LogP contribution in [0.2, 0.25) is 0 Å². The number of carbonyl (C=O) groups is 4. The minimum absolute atomic E-state index is 0.0539. The predicted octanol–water partition coefficient (Wildman–Crippen LogP) is 5.51. The van der Waals surface area contributed by atoms with Gasteiger partial charge in [0.1, 0.15) is 30.3 Å². The van der Waals surface area contributed by atoms with Gasteiger partial charge in [0, 0.05) is 12.3 Å².